The maximum atomic E-state index is 12.6. The third-order valence-electron chi connectivity index (χ3n) is 1.97. The minimum Gasteiger partial charge on any atom is -0.270 e. The fourth-order valence-electron chi connectivity index (χ4n) is 1.11. The Balaban J connectivity index is 2.61. The van der Waals surface area contributed by atoms with Gasteiger partial charge in [0, 0.05) is 5.92 Å². The first kappa shape index (κ1) is 12.1. The highest BCUT2D eigenvalue weighted by Gasteiger charge is 2.09. The van der Waals surface area contributed by atoms with Crippen molar-refractivity contribution in [3.8, 4) is 0 Å². The Hall–Kier alpha value is -0.940. The summed E-state index contributed by atoms with van der Waals surface area (Å²) in [5.41, 5.74) is 0.847. The zero-order chi connectivity index (χ0) is 11.5. The lowest BCUT2D eigenvalue weighted by Gasteiger charge is -2.10. The van der Waals surface area contributed by atoms with Gasteiger partial charge in [0.25, 0.3) is 10.1 Å². The van der Waals surface area contributed by atoms with E-state index in [2.05, 4.69) is 4.18 Å². The van der Waals surface area contributed by atoms with Gasteiger partial charge in [-0.05, 0) is 17.7 Å². The van der Waals surface area contributed by atoms with E-state index in [0.717, 1.165) is 11.8 Å². The van der Waals surface area contributed by atoms with Crippen molar-refractivity contribution in [1.29, 1.82) is 0 Å². The third-order valence-corrected chi connectivity index (χ3v) is 2.54. The van der Waals surface area contributed by atoms with Crippen LogP contribution in [0.4, 0.5) is 4.39 Å². The van der Waals surface area contributed by atoms with E-state index in [4.69, 9.17) is 0 Å². The van der Waals surface area contributed by atoms with Crippen LogP contribution in [0.3, 0.4) is 0 Å². The molecule has 0 amide bonds. The third kappa shape index (κ3) is 4.40. The average Bonchev–Trinajstić information content (AvgIpc) is 2.14. The summed E-state index contributed by atoms with van der Waals surface area (Å²) in [6.45, 7) is 1.89. The summed E-state index contributed by atoms with van der Waals surface area (Å²) in [5, 5.41) is 0. The second-order valence-corrected chi connectivity index (χ2v) is 5.09. The summed E-state index contributed by atoms with van der Waals surface area (Å²) < 4.78 is 38.7. The second kappa shape index (κ2) is 4.72. The first-order valence-corrected chi connectivity index (χ1v) is 6.30. The van der Waals surface area contributed by atoms with Gasteiger partial charge in [-0.3, -0.25) is 4.18 Å². The van der Waals surface area contributed by atoms with Crippen molar-refractivity contribution in [3.05, 3.63) is 35.6 Å². The Morgan fingerprint density at radius 3 is 2.33 bits per heavy atom. The number of benzene rings is 1. The zero-order valence-electron chi connectivity index (χ0n) is 8.60. The molecule has 1 aromatic carbocycles. The second-order valence-electron chi connectivity index (χ2n) is 3.44. The van der Waals surface area contributed by atoms with E-state index in [1.54, 1.807) is 12.1 Å². The van der Waals surface area contributed by atoms with E-state index in [1.807, 2.05) is 6.92 Å². The molecule has 0 aromatic heterocycles. The Bertz CT molecular complexity index is 411. The molecular formula is C10H13FO3S. The van der Waals surface area contributed by atoms with E-state index in [-0.39, 0.29) is 18.3 Å². The maximum Gasteiger partial charge on any atom is 0.264 e. The van der Waals surface area contributed by atoms with Gasteiger partial charge in [-0.1, -0.05) is 19.1 Å². The Morgan fingerprint density at radius 2 is 1.87 bits per heavy atom. The molecule has 0 aliphatic carbocycles. The largest absolute Gasteiger partial charge is 0.270 e. The zero-order valence-corrected chi connectivity index (χ0v) is 9.42. The molecule has 0 heterocycles. The summed E-state index contributed by atoms with van der Waals surface area (Å²) in [4.78, 5) is 0. The predicted octanol–water partition coefficient (Wildman–Crippen LogP) is 1.91. The molecule has 1 aromatic rings. The molecule has 0 aliphatic rings. The highest BCUT2D eigenvalue weighted by molar-refractivity contribution is 7.85. The summed E-state index contributed by atoms with van der Waals surface area (Å²) in [6.07, 6.45) is 1.00. The molecule has 84 valence electrons. The van der Waals surface area contributed by atoms with E-state index < -0.39 is 10.1 Å². The lowest BCUT2D eigenvalue weighted by Crippen LogP contribution is -2.09. The van der Waals surface area contributed by atoms with Gasteiger partial charge in [-0.2, -0.15) is 8.42 Å². The van der Waals surface area contributed by atoms with E-state index in [9.17, 15) is 12.8 Å². The van der Waals surface area contributed by atoms with Crippen molar-refractivity contribution in [2.24, 2.45) is 0 Å². The number of hydrogen-bond acceptors (Lipinski definition) is 3. The van der Waals surface area contributed by atoms with Crippen LogP contribution in [0.5, 0.6) is 0 Å². The topological polar surface area (TPSA) is 43.4 Å². The molecule has 0 N–H and O–H groups in total. The predicted molar refractivity (Wildman–Crippen MR) is 55.6 cm³/mol. The Kier molecular flexibility index (Phi) is 3.82. The van der Waals surface area contributed by atoms with Crippen LogP contribution in [-0.4, -0.2) is 21.3 Å². The van der Waals surface area contributed by atoms with Crippen molar-refractivity contribution < 1.29 is 17.0 Å². The minimum atomic E-state index is -3.41. The van der Waals surface area contributed by atoms with Crippen molar-refractivity contribution in [3.63, 3.8) is 0 Å². The van der Waals surface area contributed by atoms with Crippen molar-refractivity contribution >= 4 is 10.1 Å². The smallest absolute Gasteiger partial charge is 0.264 e. The first-order valence-electron chi connectivity index (χ1n) is 4.48. The van der Waals surface area contributed by atoms with Crippen LogP contribution >= 0.6 is 0 Å². The fourth-order valence-corrected chi connectivity index (χ4v) is 1.56. The minimum absolute atomic E-state index is 0.0739. The van der Waals surface area contributed by atoms with Crippen LogP contribution < -0.4 is 0 Å². The number of rotatable bonds is 4. The maximum absolute atomic E-state index is 12.6. The molecule has 0 saturated heterocycles. The number of hydrogen-bond donors (Lipinski definition) is 0. The monoisotopic (exact) mass is 232 g/mol. The van der Waals surface area contributed by atoms with Crippen LogP contribution in [0.15, 0.2) is 24.3 Å². The van der Waals surface area contributed by atoms with E-state index >= 15 is 0 Å². The van der Waals surface area contributed by atoms with Gasteiger partial charge in [0.15, 0.2) is 0 Å². The molecule has 0 radical (unpaired) electrons. The molecule has 3 nitrogen and oxygen atoms in total. The van der Waals surface area contributed by atoms with Crippen molar-refractivity contribution in [2.45, 2.75) is 12.8 Å². The standard InChI is InChI=1S/C10H13FO3S/c1-8(7-14-15(2,12)13)9-3-5-10(11)6-4-9/h3-6,8H,7H2,1-2H3. The molecule has 0 fully saturated rings. The molecule has 15 heavy (non-hydrogen) atoms. The van der Waals surface area contributed by atoms with Gasteiger partial charge in [-0.25, -0.2) is 4.39 Å². The molecule has 0 bridgehead atoms. The normalized spacial score (nSPS) is 13.8. The van der Waals surface area contributed by atoms with Gasteiger partial charge in [0.1, 0.15) is 5.82 Å². The highest BCUT2D eigenvalue weighted by atomic mass is 32.2. The highest BCUT2D eigenvalue weighted by Crippen LogP contribution is 2.16. The number of halogens is 1. The van der Waals surface area contributed by atoms with Crippen LogP contribution in [0.25, 0.3) is 0 Å². The lowest BCUT2D eigenvalue weighted by molar-refractivity contribution is 0.301. The molecule has 1 atom stereocenters. The van der Waals surface area contributed by atoms with Crippen LogP contribution in [0.2, 0.25) is 0 Å². The SMILES string of the molecule is CC(COS(C)(=O)=O)c1ccc(F)cc1. The fraction of sp³-hybridized carbons (Fsp3) is 0.400. The van der Waals surface area contributed by atoms with Gasteiger partial charge in [-0.15, -0.1) is 0 Å². The summed E-state index contributed by atoms with van der Waals surface area (Å²) in [6, 6.07) is 5.91. The van der Waals surface area contributed by atoms with Gasteiger partial charge >= 0.3 is 0 Å². The van der Waals surface area contributed by atoms with Crippen LogP contribution in [0, 0.1) is 5.82 Å². The summed E-state index contributed by atoms with van der Waals surface area (Å²) >= 11 is 0. The molecule has 0 aliphatic heterocycles. The molecule has 5 heteroatoms. The van der Waals surface area contributed by atoms with Crippen LogP contribution in [-0.2, 0) is 14.3 Å². The molecule has 1 rings (SSSR count). The average molecular weight is 232 g/mol. The van der Waals surface area contributed by atoms with E-state index in [0.29, 0.717) is 0 Å². The molecule has 1 unspecified atom stereocenters. The molecule has 0 spiro atoms. The van der Waals surface area contributed by atoms with Gasteiger partial charge < -0.3 is 0 Å². The van der Waals surface area contributed by atoms with Gasteiger partial charge in [0.2, 0.25) is 0 Å². The lowest BCUT2D eigenvalue weighted by atomic mass is 10.0. The summed E-state index contributed by atoms with van der Waals surface area (Å²) in [7, 11) is -3.41. The van der Waals surface area contributed by atoms with Crippen molar-refractivity contribution in [2.75, 3.05) is 12.9 Å². The van der Waals surface area contributed by atoms with Crippen molar-refractivity contribution in [1.82, 2.24) is 0 Å². The van der Waals surface area contributed by atoms with Crippen LogP contribution in [0.1, 0.15) is 18.4 Å². The Labute approximate surface area is 89.0 Å². The molecule has 0 saturated carbocycles. The van der Waals surface area contributed by atoms with E-state index in [1.165, 1.54) is 12.1 Å². The first-order chi connectivity index (χ1) is 6.88. The van der Waals surface area contributed by atoms with Gasteiger partial charge in [0.05, 0.1) is 12.9 Å². The molecular weight excluding hydrogens is 219 g/mol. The quantitative estimate of drug-likeness (QED) is 0.745. The Morgan fingerprint density at radius 1 is 1.33 bits per heavy atom. The summed E-state index contributed by atoms with van der Waals surface area (Å²) in [5.74, 6) is -0.393.